The van der Waals surface area contributed by atoms with Crippen molar-refractivity contribution < 1.29 is 33.6 Å². The second-order valence-corrected chi connectivity index (χ2v) is 12.7. The summed E-state index contributed by atoms with van der Waals surface area (Å²) >= 11 is 3.47. The molecule has 288 valence electrons. The van der Waals surface area contributed by atoms with Crippen LogP contribution in [0.25, 0.3) is 33.4 Å². The maximum Gasteiger partial charge on any atom is 0.359 e. The molecule has 0 saturated heterocycles. The van der Waals surface area contributed by atoms with Crippen molar-refractivity contribution in [2.24, 2.45) is 0 Å². The first kappa shape index (κ1) is 39.9. The molecule has 0 fully saturated rings. The fourth-order valence-electron chi connectivity index (χ4n) is 5.61. The predicted octanol–water partition coefficient (Wildman–Crippen LogP) is 9.67. The summed E-state index contributed by atoms with van der Waals surface area (Å²) < 4.78 is 25.7. The highest BCUT2D eigenvalue weighted by Crippen LogP contribution is 2.30. The van der Waals surface area contributed by atoms with Crippen molar-refractivity contribution in [3.63, 3.8) is 0 Å². The number of rotatable bonds is 10. The number of carbonyl (C=O) groups excluding carboxylic acids is 2. The van der Waals surface area contributed by atoms with Crippen molar-refractivity contribution in [1.82, 2.24) is 29.5 Å². The lowest BCUT2D eigenvalue weighted by molar-refractivity contribution is 0.0508. The number of aromatic nitrogens is 6. The maximum absolute atomic E-state index is 12.6. The molecular weight excluding hydrogens is 816 g/mol. The number of halogens is 2. The number of ether oxygens (including phenoxy) is 4. The smallest absolute Gasteiger partial charge is 0.359 e. The van der Waals surface area contributed by atoms with Gasteiger partial charge in [-0.1, -0.05) is 36.4 Å². The van der Waals surface area contributed by atoms with Gasteiger partial charge in [-0.25, -0.2) is 19.0 Å². The molecule has 8 rings (SSSR count). The number of carbonyl (C=O) groups is 2. The van der Waals surface area contributed by atoms with Crippen LogP contribution in [0.3, 0.4) is 0 Å². The molecule has 0 aliphatic rings. The molecule has 8 aromatic rings. The Morgan fingerprint density at radius 1 is 0.561 bits per heavy atom. The molecule has 15 heteroatoms. The van der Waals surface area contributed by atoms with Gasteiger partial charge in [-0.05, 0) is 109 Å². The van der Waals surface area contributed by atoms with E-state index in [-0.39, 0.29) is 53.8 Å². The lowest BCUT2D eigenvalue weighted by Crippen LogP contribution is -2.12. The van der Waals surface area contributed by atoms with Crippen molar-refractivity contribution in [2.45, 2.75) is 13.8 Å². The molecular formula is C42H34BrClN6O7. The Morgan fingerprint density at radius 2 is 0.965 bits per heavy atom. The van der Waals surface area contributed by atoms with E-state index in [1.54, 1.807) is 55.1 Å². The average molecular weight is 850 g/mol. The summed E-state index contributed by atoms with van der Waals surface area (Å²) in [4.78, 5) is 33.6. The Bertz CT molecular complexity index is 2440. The minimum Gasteiger partial charge on any atom is -0.505 e. The first-order valence-electron chi connectivity index (χ1n) is 17.5. The van der Waals surface area contributed by atoms with Gasteiger partial charge in [0.25, 0.3) is 0 Å². The van der Waals surface area contributed by atoms with E-state index in [1.807, 2.05) is 84.9 Å². The normalized spacial score (nSPS) is 10.6. The molecule has 1 N–H and O–H groups in total. The van der Waals surface area contributed by atoms with E-state index < -0.39 is 11.9 Å². The van der Waals surface area contributed by atoms with Gasteiger partial charge in [0.05, 0.1) is 24.6 Å². The Kier molecular flexibility index (Phi) is 12.8. The second kappa shape index (κ2) is 18.2. The van der Waals surface area contributed by atoms with Crippen LogP contribution in [0.5, 0.6) is 28.7 Å². The Labute approximate surface area is 341 Å². The number of esters is 2. The number of hydrogen-bond donors (Lipinski definition) is 1. The summed E-state index contributed by atoms with van der Waals surface area (Å²) in [5.41, 5.74) is 3.35. The topological polar surface area (TPSA) is 153 Å². The van der Waals surface area contributed by atoms with Crippen molar-refractivity contribution in [3.8, 4) is 40.1 Å². The van der Waals surface area contributed by atoms with E-state index in [0.29, 0.717) is 33.9 Å². The number of para-hydroxylation sites is 2. The molecule has 0 radical (unpaired) electrons. The van der Waals surface area contributed by atoms with Crippen LogP contribution in [0.2, 0.25) is 0 Å². The fraction of sp³-hybridized carbons (Fsp3) is 0.0952. The van der Waals surface area contributed by atoms with Crippen LogP contribution in [-0.2, 0) is 9.47 Å². The number of aromatic hydroxyl groups is 1. The Hall–Kier alpha value is -6.77. The standard InChI is InChI=1S/C21H16BrN3O3.C21H17N3O4.ClH/c1-2-27-21(26)20-19-18(17(22)12-13-23-19)24-25(20)14-8-10-16(11-9-14)28-15-6-4-3-5-7-15;1-2-27-21(26)20-19-18(17(25)12-13-22-19)23-24(20)14-8-10-16(11-9-14)28-15-6-4-3-5-7-15;/h3-13H,2H2,1H3;3-13,25H,2H2,1H3;1H. The zero-order chi connectivity index (χ0) is 39.0. The van der Waals surface area contributed by atoms with Crippen molar-refractivity contribution in [2.75, 3.05) is 13.2 Å². The lowest BCUT2D eigenvalue weighted by atomic mass is 10.2. The molecule has 0 aliphatic carbocycles. The molecule has 0 aliphatic heterocycles. The minimum absolute atomic E-state index is 0. The van der Waals surface area contributed by atoms with E-state index in [1.165, 1.54) is 16.9 Å². The summed E-state index contributed by atoms with van der Waals surface area (Å²) in [6, 6.07) is 36.6. The predicted molar refractivity (Wildman–Crippen MR) is 219 cm³/mol. The zero-order valence-corrected chi connectivity index (χ0v) is 32.9. The van der Waals surface area contributed by atoms with Gasteiger partial charge < -0.3 is 24.1 Å². The largest absolute Gasteiger partial charge is 0.505 e. The molecule has 4 aromatic carbocycles. The Balaban J connectivity index is 0.000000189. The van der Waals surface area contributed by atoms with Gasteiger partial charge in [-0.15, -0.1) is 12.4 Å². The fourth-order valence-corrected chi connectivity index (χ4v) is 6.00. The van der Waals surface area contributed by atoms with E-state index in [4.69, 9.17) is 18.9 Å². The summed E-state index contributed by atoms with van der Waals surface area (Å²) in [5.74, 6) is 1.71. The highest BCUT2D eigenvalue weighted by Gasteiger charge is 2.25. The first-order valence-corrected chi connectivity index (χ1v) is 18.2. The molecule has 0 saturated carbocycles. The summed E-state index contributed by atoms with van der Waals surface area (Å²) in [6.45, 7) is 3.97. The maximum atomic E-state index is 12.6. The highest BCUT2D eigenvalue weighted by atomic mass is 79.9. The minimum atomic E-state index is -0.562. The average Bonchev–Trinajstić information content (AvgIpc) is 3.81. The summed E-state index contributed by atoms with van der Waals surface area (Å²) in [5, 5.41) is 19.0. The summed E-state index contributed by atoms with van der Waals surface area (Å²) in [7, 11) is 0. The van der Waals surface area contributed by atoms with Crippen LogP contribution >= 0.6 is 28.3 Å². The molecule has 0 amide bonds. The van der Waals surface area contributed by atoms with Gasteiger partial charge in [-0.2, -0.15) is 10.2 Å². The molecule has 0 unspecified atom stereocenters. The van der Waals surface area contributed by atoms with Gasteiger partial charge in [0.1, 0.15) is 45.3 Å². The van der Waals surface area contributed by atoms with Crippen molar-refractivity contribution in [3.05, 3.63) is 150 Å². The van der Waals surface area contributed by atoms with Crippen LogP contribution in [0.15, 0.2) is 138 Å². The van der Waals surface area contributed by atoms with Crippen LogP contribution in [0.4, 0.5) is 0 Å². The van der Waals surface area contributed by atoms with Crippen LogP contribution in [0, 0.1) is 0 Å². The van der Waals surface area contributed by atoms with E-state index in [9.17, 15) is 14.7 Å². The summed E-state index contributed by atoms with van der Waals surface area (Å²) in [6.07, 6.45) is 3.04. The molecule has 57 heavy (non-hydrogen) atoms. The van der Waals surface area contributed by atoms with Gasteiger partial charge in [0, 0.05) is 22.9 Å². The third-order valence-corrected chi connectivity index (χ3v) is 8.75. The highest BCUT2D eigenvalue weighted by molar-refractivity contribution is 9.10. The molecule has 0 atom stereocenters. The zero-order valence-electron chi connectivity index (χ0n) is 30.5. The molecule has 0 bridgehead atoms. The van der Waals surface area contributed by atoms with Crippen LogP contribution in [-0.4, -0.2) is 59.8 Å². The van der Waals surface area contributed by atoms with Gasteiger partial charge in [-0.3, -0.25) is 9.97 Å². The van der Waals surface area contributed by atoms with Crippen molar-refractivity contribution >= 4 is 62.3 Å². The second-order valence-electron chi connectivity index (χ2n) is 11.8. The number of fused-ring (bicyclic) bond motifs is 2. The van der Waals surface area contributed by atoms with E-state index in [0.717, 1.165) is 16.0 Å². The molecule has 4 heterocycles. The number of pyridine rings is 2. The van der Waals surface area contributed by atoms with Crippen LogP contribution in [0.1, 0.15) is 34.8 Å². The van der Waals surface area contributed by atoms with Gasteiger partial charge in [0.2, 0.25) is 0 Å². The van der Waals surface area contributed by atoms with Crippen molar-refractivity contribution in [1.29, 1.82) is 0 Å². The van der Waals surface area contributed by atoms with E-state index >= 15 is 0 Å². The van der Waals surface area contributed by atoms with E-state index in [2.05, 4.69) is 36.1 Å². The SMILES string of the molecule is CCOC(=O)c1c2nccc(Br)c2nn1-c1ccc(Oc2ccccc2)cc1.CCOC(=O)c1c2nccc(O)c2nn1-c1ccc(Oc2ccccc2)cc1.Cl. The monoisotopic (exact) mass is 848 g/mol. The molecule has 0 spiro atoms. The number of benzene rings is 4. The lowest BCUT2D eigenvalue weighted by Gasteiger charge is -2.09. The molecule has 4 aromatic heterocycles. The quantitative estimate of drug-likeness (QED) is 0.131. The van der Waals surface area contributed by atoms with Gasteiger partial charge in [0.15, 0.2) is 16.9 Å². The first-order chi connectivity index (χ1) is 27.3. The molecule has 13 nitrogen and oxygen atoms in total. The third kappa shape index (κ3) is 8.88. The third-order valence-electron chi connectivity index (χ3n) is 8.11. The van der Waals surface area contributed by atoms with Crippen LogP contribution < -0.4 is 9.47 Å². The number of nitrogens with zero attached hydrogens (tertiary/aromatic N) is 6. The van der Waals surface area contributed by atoms with Gasteiger partial charge >= 0.3 is 11.9 Å². The Morgan fingerprint density at radius 3 is 1.42 bits per heavy atom. The number of hydrogen-bond acceptors (Lipinski definition) is 11.